The van der Waals surface area contributed by atoms with Crippen LogP contribution in [0.2, 0.25) is 10.3 Å². The Kier molecular flexibility index (Phi) is 3.89. The second-order valence-corrected chi connectivity index (χ2v) is 4.72. The summed E-state index contributed by atoms with van der Waals surface area (Å²) in [5.41, 5.74) is 2.25. The van der Waals surface area contributed by atoms with Crippen LogP contribution in [0.15, 0.2) is 18.2 Å². The molecule has 19 heavy (non-hydrogen) atoms. The highest BCUT2D eigenvalue weighted by Gasteiger charge is 2.11. The quantitative estimate of drug-likeness (QED) is 0.837. The second kappa shape index (κ2) is 5.43. The van der Waals surface area contributed by atoms with Gasteiger partial charge in [-0.05, 0) is 37.1 Å². The van der Waals surface area contributed by atoms with Crippen LogP contribution in [0.5, 0.6) is 11.5 Å². The average molecular weight is 294 g/mol. The average Bonchev–Trinajstić information content (AvgIpc) is 2.37. The van der Waals surface area contributed by atoms with Gasteiger partial charge in [0.05, 0.1) is 11.6 Å². The van der Waals surface area contributed by atoms with Crippen molar-refractivity contribution in [3.05, 3.63) is 45.2 Å². The summed E-state index contributed by atoms with van der Waals surface area (Å²) in [7, 11) is 0. The maximum Gasteiger partial charge on any atom is 0.194 e. The molecule has 2 aromatic rings. The Morgan fingerprint density at radius 2 is 1.74 bits per heavy atom. The van der Waals surface area contributed by atoms with Gasteiger partial charge in [0.1, 0.15) is 5.75 Å². The van der Waals surface area contributed by atoms with Crippen LogP contribution in [0.1, 0.15) is 16.7 Å². The summed E-state index contributed by atoms with van der Waals surface area (Å²) in [5, 5.41) is 16.5. The Balaban J connectivity index is 2.44. The molecule has 0 spiro atoms. The number of aromatic nitrogens is 2. The van der Waals surface area contributed by atoms with E-state index in [1.54, 1.807) is 12.1 Å². The number of hydrogen-bond donors (Lipinski definition) is 0. The van der Waals surface area contributed by atoms with E-state index in [1.807, 2.05) is 13.8 Å². The lowest BCUT2D eigenvalue weighted by Crippen LogP contribution is -1.95. The third-order valence-corrected chi connectivity index (χ3v) is 2.93. The Labute approximate surface area is 120 Å². The van der Waals surface area contributed by atoms with Crippen LogP contribution < -0.4 is 4.74 Å². The molecule has 96 valence electrons. The SMILES string of the molecule is Cc1cc(C#N)cc(C)c1Oc1cc(Cl)nnc1Cl. The van der Waals surface area contributed by atoms with Gasteiger partial charge in [0, 0.05) is 6.07 Å². The molecule has 1 aromatic carbocycles. The van der Waals surface area contributed by atoms with Crippen molar-refractivity contribution in [3.8, 4) is 17.6 Å². The topological polar surface area (TPSA) is 58.8 Å². The predicted molar refractivity (Wildman–Crippen MR) is 72.8 cm³/mol. The van der Waals surface area contributed by atoms with Crippen LogP contribution in [-0.2, 0) is 0 Å². The lowest BCUT2D eigenvalue weighted by atomic mass is 10.1. The Bertz CT molecular complexity index is 657. The lowest BCUT2D eigenvalue weighted by molar-refractivity contribution is 0.471. The van der Waals surface area contributed by atoms with Gasteiger partial charge in [-0.3, -0.25) is 0 Å². The van der Waals surface area contributed by atoms with Crippen LogP contribution >= 0.6 is 23.2 Å². The molecule has 0 aliphatic heterocycles. The smallest absolute Gasteiger partial charge is 0.194 e. The van der Waals surface area contributed by atoms with Crippen molar-refractivity contribution in [2.75, 3.05) is 0 Å². The minimum absolute atomic E-state index is 0.132. The van der Waals surface area contributed by atoms with Crippen molar-refractivity contribution in [1.82, 2.24) is 10.2 Å². The zero-order valence-electron chi connectivity index (χ0n) is 10.2. The number of nitriles is 1. The van der Waals surface area contributed by atoms with Gasteiger partial charge in [0.25, 0.3) is 0 Å². The molecule has 1 aromatic heterocycles. The Morgan fingerprint density at radius 1 is 1.11 bits per heavy atom. The van der Waals surface area contributed by atoms with Crippen LogP contribution in [0.25, 0.3) is 0 Å². The van der Waals surface area contributed by atoms with Crippen LogP contribution in [0.4, 0.5) is 0 Å². The number of ether oxygens (including phenoxy) is 1. The third-order valence-electron chi connectivity index (χ3n) is 2.49. The molecule has 0 radical (unpaired) electrons. The molecule has 0 fully saturated rings. The first-order chi connectivity index (χ1) is 9.01. The van der Waals surface area contributed by atoms with Gasteiger partial charge in [-0.1, -0.05) is 23.2 Å². The van der Waals surface area contributed by atoms with Gasteiger partial charge in [0.2, 0.25) is 0 Å². The van der Waals surface area contributed by atoms with E-state index in [-0.39, 0.29) is 10.3 Å². The van der Waals surface area contributed by atoms with E-state index in [1.165, 1.54) is 6.07 Å². The minimum Gasteiger partial charge on any atom is -0.453 e. The molecule has 0 atom stereocenters. The summed E-state index contributed by atoms with van der Waals surface area (Å²) in [5.74, 6) is 0.961. The zero-order valence-corrected chi connectivity index (χ0v) is 11.7. The van der Waals surface area contributed by atoms with Crippen molar-refractivity contribution in [3.63, 3.8) is 0 Å². The van der Waals surface area contributed by atoms with Crippen LogP contribution in [0, 0.1) is 25.2 Å². The highest BCUT2D eigenvalue weighted by Crippen LogP contribution is 2.33. The normalized spacial score (nSPS) is 10.1. The molecule has 0 N–H and O–H groups in total. The molecule has 6 heteroatoms. The summed E-state index contributed by atoms with van der Waals surface area (Å²) in [6.45, 7) is 3.71. The number of nitrogens with zero attached hydrogens (tertiary/aromatic N) is 3. The summed E-state index contributed by atoms with van der Waals surface area (Å²) in [6.07, 6.45) is 0. The number of hydrogen-bond acceptors (Lipinski definition) is 4. The number of rotatable bonds is 2. The highest BCUT2D eigenvalue weighted by atomic mass is 35.5. The van der Waals surface area contributed by atoms with Crippen LogP contribution in [0.3, 0.4) is 0 Å². The first kappa shape index (κ1) is 13.6. The molecule has 0 bridgehead atoms. The largest absolute Gasteiger partial charge is 0.453 e. The van der Waals surface area contributed by atoms with Crippen molar-refractivity contribution in [1.29, 1.82) is 5.26 Å². The third kappa shape index (κ3) is 2.95. The fourth-order valence-electron chi connectivity index (χ4n) is 1.69. The number of benzene rings is 1. The Morgan fingerprint density at radius 3 is 2.32 bits per heavy atom. The van der Waals surface area contributed by atoms with Crippen LogP contribution in [-0.4, -0.2) is 10.2 Å². The molecule has 4 nitrogen and oxygen atoms in total. The molecule has 2 rings (SSSR count). The standard InChI is InChI=1S/C13H9Cl2N3O/c1-7-3-9(6-16)4-8(2)12(7)19-10-5-11(14)17-18-13(10)15/h3-5H,1-2H3. The van der Waals surface area contributed by atoms with Crippen molar-refractivity contribution in [2.24, 2.45) is 0 Å². The Hall–Kier alpha value is -1.83. The highest BCUT2D eigenvalue weighted by molar-refractivity contribution is 6.32. The molecular weight excluding hydrogens is 285 g/mol. The number of halogens is 2. The van der Waals surface area contributed by atoms with Gasteiger partial charge < -0.3 is 4.74 Å². The molecule has 0 aliphatic rings. The minimum atomic E-state index is 0.132. The maximum atomic E-state index is 8.90. The summed E-state index contributed by atoms with van der Waals surface area (Å²) >= 11 is 11.7. The van der Waals surface area contributed by atoms with Gasteiger partial charge in [-0.2, -0.15) is 5.26 Å². The fourth-order valence-corrected chi connectivity index (χ4v) is 1.96. The van der Waals surface area contributed by atoms with Crippen molar-refractivity contribution in [2.45, 2.75) is 13.8 Å². The van der Waals surface area contributed by atoms with Crippen molar-refractivity contribution < 1.29 is 4.74 Å². The first-order valence-electron chi connectivity index (χ1n) is 5.39. The van der Waals surface area contributed by atoms with Gasteiger partial charge >= 0.3 is 0 Å². The lowest BCUT2D eigenvalue weighted by Gasteiger charge is -2.12. The molecule has 0 saturated carbocycles. The van der Waals surface area contributed by atoms with Crippen molar-refractivity contribution >= 4 is 23.2 Å². The van der Waals surface area contributed by atoms with E-state index in [9.17, 15) is 0 Å². The molecule has 0 unspecified atom stereocenters. The van der Waals surface area contributed by atoms with Gasteiger partial charge in [-0.25, -0.2) is 0 Å². The summed E-state index contributed by atoms with van der Waals surface area (Å²) < 4.78 is 5.72. The molecule has 0 aliphatic carbocycles. The monoisotopic (exact) mass is 293 g/mol. The fraction of sp³-hybridized carbons (Fsp3) is 0.154. The van der Waals surface area contributed by atoms with Gasteiger partial charge in [-0.15, -0.1) is 10.2 Å². The molecule has 0 amide bonds. The van der Waals surface area contributed by atoms with E-state index in [0.29, 0.717) is 17.1 Å². The molecule has 0 saturated heterocycles. The van der Waals surface area contributed by atoms with E-state index in [2.05, 4.69) is 16.3 Å². The van der Waals surface area contributed by atoms with Gasteiger partial charge in [0.15, 0.2) is 16.1 Å². The maximum absolute atomic E-state index is 8.90. The van der Waals surface area contributed by atoms with E-state index in [4.69, 9.17) is 33.2 Å². The molecular formula is C13H9Cl2N3O. The van der Waals surface area contributed by atoms with E-state index < -0.39 is 0 Å². The van der Waals surface area contributed by atoms with E-state index in [0.717, 1.165) is 11.1 Å². The van der Waals surface area contributed by atoms with E-state index >= 15 is 0 Å². The molecule has 1 heterocycles. The summed E-state index contributed by atoms with van der Waals surface area (Å²) in [6, 6.07) is 7.07. The summed E-state index contributed by atoms with van der Waals surface area (Å²) in [4.78, 5) is 0. The second-order valence-electron chi connectivity index (χ2n) is 3.98. The number of aryl methyl sites for hydroxylation is 2. The first-order valence-corrected chi connectivity index (χ1v) is 6.15. The zero-order chi connectivity index (χ0) is 14.0. The predicted octanol–water partition coefficient (Wildman–Crippen LogP) is 4.06.